The van der Waals surface area contributed by atoms with Crippen LogP contribution in [0.3, 0.4) is 0 Å². The van der Waals surface area contributed by atoms with Crippen molar-refractivity contribution in [3.63, 3.8) is 0 Å². The molecule has 0 heterocycles. The maximum atomic E-state index is 11.9. The van der Waals surface area contributed by atoms with Gasteiger partial charge < -0.3 is 10.4 Å². The number of nitrogens with one attached hydrogen (secondary N) is 1. The van der Waals surface area contributed by atoms with Crippen molar-refractivity contribution in [1.82, 2.24) is 10.2 Å². The van der Waals surface area contributed by atoms with Crippen LogP contribution in [0.15, 0.2) is 0 Å². The lowest BCUT2D eigenvalue weighted by Crippen LogP contribution is -2.50. The molecule has 1 fully saturated rings. The normalized spacial score (nSPS) is 19.5. The van der Waals surface area contributed by atoms with E-state index < -0.39 is 5.60 Å². The molecule has 0 aliphatic heterocycles. The van der Waals surface area contributed by atoms with E-state index in [0.717, 1.165) is 32.2 Å². The quantitative estimate of drug-likeness (QED) is 0.802. The van der Waals surface area contributed by atoms with Gasteiger partial charge >= 0.3 is 0 Å². The second-order valence-electron chi connectivity index (χ2n) is 6.89. The van der Waals surface area contributed by atoms with Crippen molar-refractivity contribution >= 4 is 5.91 Å². The lowest BCUT2D eigenvalue weighted by molar-refractivity contribution is -0.124. The molecule has 0 aromatic heterocycles. The molecule has 1 rings (SSSR count). The highest BCUT2D eigenvalue weighted by atomic mass is 16.3. The van der Waals surface area contributed by atoms with Gasteiger partial charge in [0.15, 0.2) is 0 Å². The van der Waals surface area contributed by atoms with Crippen LogP contribution >= 0.6 is 0 Å². The molecule has 0 saturated heterocycles. The molecule has 0 radical (unpaired) electrons. The monoisotopic (exact) mass is 270 g/mol. The SMILES string of the molecule is CCN(CC(=O)NC(C)(C)C)CC1(O)CCCCC1. The van der Waals surface area contributed by atoms with Crippen LogP contribution in [0.5, 0.6) is 0 Å². The van der Waals surface area contributed by atoms with Gasteiger partial charge in [0, 0.05) is 12.1 Å². The largest absolute Gasteiger partial charge is 0.389 e. The van der Waals surface area contributed by atoms with Gasteiger partial charge in [0.2, 0.25) is 5.91 Å². The summed E-state index contributed by atoms with van der Waals surface area (Å²) in [5.74, 6) is 0.0359. The van der Waals surface area contributed by atoms with Gasteiger partial charge in [-0.1, -0.05) is 26.2 Å². The summed E-state index contributed by atoms with van der Waals surface area (Å²) in [6, 6.07) is 0. The highest BCUT2D eigenvalue weighted by Crippen LogP contribution is 2.28. The molecule has 0 unspecified atom stereocenters. The molecule has 112 valence electrons. The average molecular weight is 270 g/mol. The predicted octanol–water partition coefficient (Wildman–Crippen LogP) is 1.92. The zero-order chi connectivity index (χ0) is 14.5. The molecule has 19 heavy (non-hydrogen) atoms. The first-order valence-electron chi connectivity index (χ1n) is 7.50. The van der Waals surface area contributed by atoms with Crippen LogP contribution in [-0.2, 0) is 4.79 Å². The second kappa shape index (κ2) is 6.71. The van der Waals surface area contributed by atoms with Crippen molar-refractivity contribution in [2.75, 3.05) is 19.6 Å². The van der Waals surface area contributed by atoms with Gasteiger partial charge in [0.1, 0.15) is 0 Å². The molecule has 1 saturated carbocycles. The standard InChI is InChI=1S/C15H30N2O2/c1-5-17(11-13(18)16-14(2,3)4)12-15(19)9-7-6-8-10-15/h19H,5-12H2,1-4H3,(H,16,18). The van der Waals surface area contributed by atoms with Gasteiger partial charge in [-0.3, -0.25) is 9.69 Å². The number of carbonyl (C=O) groups is 1. The second-order valence-corrected chi connectivity index (χ2v) is 6.89. The number of likely N-dealkylation sites (N-methyl/N-ethyl adjacent to an activating group) is 1. The van der Waals surface area contributed by atoms with E-state index in [1.165, 1.54) is 6.42 Å². The van der Waals surface area contributed by atoms with Gasteiger partial charge in [-0.15, -0.1) is 0 Å². The summed E-state index contributed by atoms with van der Waals surface area (Å²) in [6.45, 7) is 9.76. The number of aliphatic hydroxyl groups is 1. The molecule has 0 bridgehead atoms. The highest BCUT2D eigenvalue weighted by Gasteiger charge is 2.31. The summed E-state index contributed by atoms with van der Waals surface area (Å²) < 4.78 is 0. The van der Waals surface area contributed by atoms with Gasteiger partial charge in [-0.25, -0.2) is 0 Å². The maximum absolute atomic E-state index is 11.9. The number of nitrogens with zero attached hydrogens (tertiary/aromatic N) is 1. The molecule has 2 N–H and O–H groups in total. The molecule has 1 amide bonds. The van der Waals surface area contributed by atoms with Gasteiger partial charge in [-0.2, -0.15) is 0 Å². The van der Waals surface area contributed by atoms with Crippen LogP contribution in [-0.4, -0.2) is 46.7 Å². The summed E-state index contributed by atoms with van der Waals surface area (Å²) in [6.07, 6.45) is 5.15. The third-order valence-corrected chi connectivity index (χ3v) is 3.63. The van der Waals surface area contributed by atoms with Crippen LogP contribution in [0.25, 0.3) is 0 Å². The average Bonchev–Trinajstić information content (AvgIpc) is 2.26. The Hall–Kier alpha value is -0.610. The Morgan fingerprint density at radius 3 is 2.32 bits per heavy atom. The zero-order valence-corrected chi connectivity index (χ0v) is 13.0. The van der Waals surface area contributed by atoms with Crippen molar-refractivity contribution in [1.29, 1.82) is 0 Å². The minimum absolute atomic E-state index is 0.0359. The Morgan fingerprint density at radius 1 is 1.26 bits per heavy atom. The van der Waals surface area contributed by atoms with Crippen molar-refractivity contribution < 1.29 is 9.90 Å². The van der Waals surface area contributed by atoms with E-state index in [1.54, 1.807) is 0 Å². The zero-order valence-electron chi connectivity index (χ0n) is 13.0. The predicted molar refractivity (Wildman–Crippen MR) is 78.0 cm³/mol. The molecule has 1 aliphatic carbocycles. The summed E-state index contributed by atoms with van der Waals surface area (Å²) >= 11 is 0. The molecule has 0 atom stereocenters. The smallest absolute Gasteiger partial charge is 0.234 e. The Kier molecular flexibility index (Phi) is 5.81. The van der Waals surface area contributed by atoms with E-state index in [2.05, 4.69) is 5.32 Å². The van der Waals surface area contributed by atoms with E-state index in [0.29, 0.717) is 13.1 Å². The molecule has 0 aromatic carbocycles. The Morgan fingerprint density at radius 2 is 1.84 bits per heavy atom. The lowest BCUT2D eigenvalue weighted by atomic mass is 9.84. The summed E-state index contributed by atoms with van der Waals surface area (Å²) in [4.78, 5) is 14.0. The third kappa shape index (κ3) is 6.39. The highest BCUT2D eigenvalue weighted by molar-refractivity contribution is 5.78. The van der Waals surface area contributed by atoms with Gasteiger partial charge in [0.25, 0.3) is 0 Å². The van der Waals surface area contributed by atoms with Crippen LogP contribution < -0.4 is 5.32 Å². The van der Waals surface area contributed by atoms with Crippen molar-refractivity contribution in [2.45, 2.75) is 70.9 Å². The van der Waals surface area contributed by atoms with Crippen LogP contribution in [0.4, 0.5) is 0 Å². The number of hydrogen-bond donors (Lipinski definition) is 2. The summed E-state index contributed by atoms with van der Waals surface area (Å²) in [5, 5.41) is 13.5. The molecular weight excluding hydrogens is 240 g/mol. The van der Waals surface area contributed by atoms with E-state index in [1.807, 2.05) is 32.6 Å². The number of rotatable bonds is 5. The van der Waals surface area contributed by atoms with Crippen LogP contribution in [0.2, 0.25) is 0 Å². The fourth-order valence-corrected chi connectivity index (χ4v) is 2.72. The van der Waals surface area contributed by atoms with Crippen LogP contribution in [0, 0.1) is 0 Å². The minimum Gasteiger partial charge on any atom is -0.389 e. The molecule has 4 heteroatoms. The van der Waals surface area contributed by atoms with Gasteiger partial charge in [0.05, 0.1) is 12.1 Å². The number of hydrogen-bond acceptors (Lipinski definition) is 3. The number of amides is 1. The van der Waals surface area contributed by atoms with Crippen molar-refractivity contribution in [3.05, 3.63) is 0 Å². The fourth-order valence-electron chi connectivity index (χ4n) is 2.72. The fraction of sp³-hybridized carbons (Fsp3) is 0.933. The molecule has 0 spiro atoms. The topological polar surface area (TPSA) is 52.6 Å². The lowest BCUT2D eigenvalue weighted by Gasteiger charge is -2.36. The molecule has 0 aromatic rings. The van der Waals surface area contributed by atoms with E-state index in [-0.39, 0.29) is 11.4 Å². The summed E-state index contributed by atoms with van der Waals surface area (Å²) in [5.41, 5.74) is -0.783. The first kappa shape index (κ1) is 16.4. The minimum atomic E-state index is -0.587. The van der Waals surface area contributed by atoms with Crippen LogP contribution in [0.1, 0.15) is 59.8 Å². The van der Waals surface area contributed by atoms with Crippen molar-refractivity contribution in [2.24, 2.45) is 0 Å². The summed E-state index contributed by atoms with van der Waals surface area (Å²) in [7, 11) is 0. The first-order chi connectivity index (χ1) is 8.74. The van der Waals surface area contributed by atoms with Gasteiger partial charge in [-0.05, 0) is 40.2 Å². The van der Waals surface area contributed by atoms with E-state index in [9.17, 15) is 9.90 Å². The van der Waals surface area contributed by atoms with Crippen molar-refractivity contribution in [3.8, 4) is 0 Å². The first-order valence-corrected chi connectivity index (χ1v) is 7.50. The van der Waals surface area contributed by atoms with E-state index in [4.69, 9.17) is 0 Å². The number of carbonyl (C=O) groups excluding carboxylic acids is 1. The molecule has 1 aliphatic rings. The maximum Gasteiger partial charge on any atom is 0.234 e. The van der Waals surface area contributed by atoms with E-state index >= 15 is 0 Å². The Balaban J connectivity index is 2.47. The Bertz CT molecular complexity index is 291. The third-order valence-electron chi connectivity index (χ3n) is 3.63. The molecular formula is C15H30N2O2. The Labute approximate surface area is 117 Å². The molecule has 4 nitrogen and oxygen atoms in total.